The lowest BCUT2D eigenvalue weighted by atomic mass is 10.2. The Balaban J connectivity index is 2.17. The van der Waals surface area contributed by atoms with Gasteiger partial charge in [0, 0.05) is 5.56 Å². The van der Waals surface area contributed by atoms with E-state index in [-0.39, 0.29) is 22.7 Å². The minimum Gasteiger partial charge on any atom is -0.486 e. The minimum absolute atomic E-state index is 0.169. The zero-order valence-corrected chi connectivity index (χ0v) is 10.3. The highest BCUT2D eigenvalue weighted by atomic mass is 19.1. The summed E-state index contributed by atoms with van der Waals surface area (Å²) in [6.45, 7) is -0.436. The fourth-order valence-corrected chi connectivity index (χ4v) is 1.61. The summed E-state index contributed by atoms with van der Waals surface area (Å²) in [7, 11) is 0. The number of ether oxygens (including phenoxy) is 1. The second kappa shape index (κ2) is 5.64. The second-order valence-corrected chi connectivity index (χ2v) is 4.05. The van der Waals surface area contributed by atoms with Crippen molar-refractivity contribution in [3.63, 3.8) is 0 Å². The predicted octanol–water partition coefficient (Wildman–Crippen LogP) is 2.97. The Bertz CT molecular complexity index is 639. The lowest BCUT2D eigenvalue weighted by Gasteiger charge is -2.09. The van der Waals surface area contributed by atoms with Gasteiger partial charge in [0.1, 0.15) is 24.1 Å². The summed E-state index contributed by atoms with van der Waals surface area (Å²) in [6.07, 6.45) is 0. The van der Waals surface area contributed by atoms with Gasteiger partial charge in [0.05, 0.1) is 5.56 Å². The van der Waals surface area contributed by atoms with Crippen LogP contribution < -0.4 is 10.5 Å². The number of nitrogen functional groups attached to an aromatic ring is 1. The molecule has 0 aromatic heterocycles. The molecule has 2 aromatic rings. The van der Waals surface area contributed by atoms with E-state index in [0.717, 1.165) is 18.2 Å². The Kier molecular flexibility index (Phi) is 3.93. The highest BCUT2D eigenvalue weighted by Crippen LogP contribution is 2.21. The zero-order chi connectivity index (χ0) is 14.7. The summed E-state index contributed by atoms with van der Waals surface area (Å²) in [5, 5.41) is 7.17. The van der Waals surface area contributed by atoms with E-state index in [4.69, 9.17) is 15.9 Å². The van der Waals surface area contributed by atoms with Crippen LogP contribution in [0, 0.1) is 22.9 Å². The number of amidine groups is 1. The highest BCUT2D eigenvalue weighted by molar-refractivity contribution is 5.95. The summed E-state index contributed by atoms with van der Waals surface area (Å²) in [5.41, 5.74) is 5.14. The van der Waals surface area contributed by atoms with Gasteiger partial charge >= 0.3 is 0 Å². The van der Waals surface area contributed by atoms with Crippen molar-refractivity contribution in [2.24, 2.45) is 5.73 Å². The number of hydrogen-bond acceptors (Lipinski definition) is 2. The van der Waals surface area contributed by atoms with Crippen molar-refractivity contribution in [1.82, 2.24) is 0 Å². The summed E-state index contributed by atoms with van der Waals surface area (Å²) < 4.78 is 45.4. The van der Waals surface area contributed by atoms with Crippen LogP contribution in [0.5, 0.6) is 5.75 Å². The van der Waals surface area contributed by atoms with Crippen LogP contribution in [0.25, 0.3) is 0 Å². The predicted molar refractivity (Wildman–Crippen MR) is 68.1 cm³/mol. The number of nitrogens with two attached hydrogens (primary N) is 1. The quantitative estimate of drug-likeness (QED) is 0.668. The van der Waals surface area contributed by atoms with Crippen LogP contribution in [0.4, 0.5) is 13.2 Å². The maximum Gasteiger partial charge on any atom is 0.165 e. The van der Waals surface area contributed by atoms with E-state index in [2.05, 4.69) is 0 Å². The lowest BCUT2D eigenvalue weighted by Crippen LogP contribution is -2.11. The van der Waals surface area contributed by atoms with Crippen LogP contribution in [0.2, 0.25) is 0 Å². The number of halogens is 3. The SMILES string of the molecule is N=C(N)c1ccc(OCc2c(F)cccc2F)c(F)c1. The zero-order valence-electron chi connectivity index (χ0n) is 10.3. The molecular weight excluding hydrogens is 269 g/mol. The third-order valence-corrected chi connectivity index (χ3v) is 2.68. The monoisotopic (exact) mass is 280 g/mol. The van der Waals surface area contributed by atoms with Gasteiger partial charge in [0.25, 0.3) is 0 Å². The van der Waals surface area contributed by atoms with E-state index in [1.165, 1.54) is 18.2 Å². The maximum absolute atomic E-state index is 13.6. The highest BCUT2D eigenvalue weighted by Gasteiger charge is 2.11. The molecule has 0 aliphatic heterocycles. The molecule has 0 saturated heterocycles. The van der Waals surface area contributed by atoms with Crippen LogP contribution in [0.15, 0.2) is 36.4 Å². The summed E-state index contributed by atoms with van der Waals surface area (Å²) in [4.78, 5) is 0. The largest absolute Gasteiger partial charge is 0.486 e. The molecule has 0 heterocycles. The van der Waals surface area contributed by atoms with Gasteiger partial charge in [-0.15, -0.1) is 0 Å². The van der Waals surface area contributed by atoms with Crippen molar-refractivity contribution in [2.75, 3.05) is 0 Å². The maximum atomic E-state index is 13.6. The first-order valence-electron chi connectivity index (χ1n) is 5.68. The van der Waals surface area contributed by atoms with Crippen molar-refractivity contribution in [3.05, 3.63) is 65.0 Å². The molecule has 104 valence electrons. The number of nitrogens with one attached hydrogen (secondary N) is 1. The van der Waals surface area contributed by atoms with E-state index in [1.807, 2.05) is 0 Å². The number of benzene rings is 2. The standard InChI is InChI=1S/C14H11F3N2O/c15-10-2-1-3-11(16)9(10)7-20-13-5-4-8(14(18)19)6-12(13)17/h1-6H,7H2,(H3,18,19). The molecule has 2 rings (SSSR count). The molecule has 0 bridgehead atoms. The first kappa shape index (κ1) is 13.9. The molecule has 0 atom stereocenters. The molecule has 3 nitrogen and oxygen atoms in total. The molecule has 0 spiro atoms. The molecule has 0 unspecified atom stereocenters. The summed E-state index contributed by atoms with van der Waals surface area (Å²) >= 11 is 0. The molecule has 0 amide bonds. The third kappa shape index (κ3) is 2.90. The van der Waals surface area contributed by atoms with Gasteiger partial charge in [-0.2, -0.15) is 0 Å². The van der Waals surface area contributed by atoms with E-state index in [1.54, 1.807) is 0 Å². The Morgan fingerprint density at radius 3 is 2.25 bits per heavy atom. The van der Waals surface area contributed by atoms with Crippen molar-refractivity contribution < 1.29 is 17.9 Å². The molecule has 6 heteroatoms. The topological polar surface area (TPSA) is 59.1 Å². The number of rotatable bonds is 4. The lowest BCUT2D eigenvalue weighted by molar-refractivity contribution is 0.278. The van der Waals surface area contributed by atoms with Crippen LogP contribution in [-0.4, -0.2) is 5.84 Å². The van der Waals surface area contributed by atoms with Crippen molar-refractivity contribution in [2.45, 2.75) is 6.61 Å². The average Bonchev–Trinajstić information content (AvgIpc) is 2.39. The van der Waals surface area contributed by atoms with Gasteiger partial charge < -0.3 is 10.5 Å². The summed E-state index contributed by atoms with van der Waals surface area (Å²) in [6, 6.07) is 7.09. The molecule has 0 fully saturated rings. The Labute approximate surface area is 113 Å². The minimum atomic E-state index is -0.759. The van der Waals surface area contributed by atoms with Crippen LogP contribution in [0.3, 0.4) is 0 Å². The van der Waals surface area contributed by atoms with Gasteiger partial charge in [-0.05, 0) is 30.3 Å². The van der Waals surface area contributed by atoms with Gasteiger partial charge in [-0.25, -0.2) is 13.2 Å². The fourth-order valence-electron chi connectivity index (χ4n) is 1.61. The molecule has 0 aliphatic rings. The Hall–Kier alpha value is -2.50. The first-order valence-corrected chi connectivity index (χ1v) is 5.68. The fraction of sp³-hybridized carbons (Fsp3) is 0.0714. The molecule has 0 aliphatic carbocycles. The molecule has 3 N–H and O–H groups in total. The van der Waals surface area contributed by atoms with Crippen LogP contribution in [0.1, 0.15) is 11.1 Å². The first-order chi connectivity index (χ1) is 9.49. The van der Waals surface area contributed by atoms with E-state index < -0.39 is 24.1 Å². The molecule has 0 saturated carbocycles. The Morgan fingerprint density at radius 1 is 1.05 bits per heavy atom. The summed E-state index contributed by atoms with van der Waals surface area (Å²) in [5.74, 6) is -2.72. The van der Waals surface area contributed by atoms with E-state index in [9.17, 15) is 13.2 Å². The van der Waals surface area contributed by atoms with Crippen molar-refractivity contribution >= 4 is 5.84 Å². The van der Waals surface area contributed by atoms with E-state index >= 15 is 0 Å². The second-order valence-electron chi connectivity index (χ2n) is 4.05. The molecule has 0 radical (unpaired) electrons. The van der Waals surface area contributed by atoms with Gasteiger partial charge in [-0.1, -0.05) is 6.07 Å². The van der Waals surface area contributed by atoms with Gasteiger partial charge in [-0.3, -0.25) is 5.41 Å². The molecule has 20 heavy (non-hydrogen) atoms. The van der Waals surface area contributed by atoms with E-state index in [0.29, 0.717) is 0 Å². The van der Waals surface area contributed by atoms with Crippen molar-refractivity contribution in [1.29, 1.82) is 5.41 Å². The number of hydrogen-bond donors (Lipinski definition) is 2. The molecular formula is C14H11F3N2O. The average molecular weight is 280 g/mol. The van der Waals surface area contributed by atoms with Gasteiger partial charge in [0.2, 0.25) is 0 Å². The third-order valence-electron chi connectivity index (χ3n) is 2.68. The Morgan fingerprint density at radius 2 is 1.70 bits per heavy atom. The van der Waals surface area contributed by atoms with Crippen LogP contribution in [-0.2, 0) is 6.61 Å². The smallest absolute Gasteiger partial charge is 0.165 e. The molecule has 2 aromatic carbocycles. The van der Waals surface area contributed by atoms with Gasteiger partial charge in [0.15, 0.2) is 11.6 Å². The van der Waals surface area contributed by atoms with Crippen molar-refractivity contribution in [3.8, 4) is 5.75 Å². The van der Waals surface area contributed by atoms with Crippen LogP contribution >= 0.6 is 0 Å². The normalized spacial score (nSPS) is 10.3.